The van der Waals surface area contributed by atoms with Crippen LogP contribution in [0.5, 0.6) is 0 Å². The Labute approximate surface area is 165 Å². The lowest BCUT2D eigenvalue weighted by atomic mass is 9.87. The van der Waals surface area contributed by atoms with E-state index in [1.54, 1.807) is 6.20 Å². The number of halogens is 1. The Hall–Kier alpha value is -1.50. The summed E-state index contributed by atoms with van der Waals surface area (Å²) in [6.45, 7) is 5.84. The van der Waals surface area contributed by atoms with Crippen LogP contribution in [0, 0.1) is 0 Å². The fourth-order valence-corrected chi connectivity index (χ4v) is 4.02. The normalized spacial score (nSPS) is 17.2. The van der Waals surface area contributed by atoms with Crippen LogP contribution in [-0.2, 0) is 10.3 Å². The maximum atomic E-state index is 13.2. The molecule has 1 amide bonds. The van der Waals surface area contributed by atoms with Gasteiger partial charge < -0.3 is 10.6 Å². The van der Waals surface area contributed by atoms with Gasteiger partial charge in [-0.2, -0.15) is 5.10 Å². The van der Waals surface area contributed by atoms with Crippen LogP contribution >= 0.6 is 24.2 Å². The molecule has 1 aliphatic rings. The molecule has 7 heteroatoms. The molecule has 1 fully saturated rings. The third-order valence-electron chi connectivity index (χ3n) is 4.84. The van der Waals surface area contributed by atoms with Gasteiger partial charge >= 0.3 is 0 Å². The van der Waals surface area contributed by atoms with Gasteiger partial charge in [-0.3, -0.25) is 9.48 Å². The fraction of sp³-hybridized carbons (Fsp3) is 0.474. The number of carbonyl (C=O) groups excluding carboxylic acids is 1. The van der Waals surface area contributed by atoms with Crippen molar-refractivity contribution in [2.45, 2.75) is 43.2 Å². The van der Waals surface area contributed by atoms with Crippen molar-refractivity contribution in [3.63, 3.8) is 0 Å². The number of piperidine rings is 1. The summed E-state index contributed by atoms with van der Waals surface area (Å²) < 4.78 is 1.83. The number of hydrogen-bond acceptors (Lipinski definition) is 4. The SMILES string of the molecule is CCSc1ccc(C(C)NC(=O)C2(n3cccn3)CCNCC2)cc1.Cl. The average molecular weight is 395 g/mol. The highest BCUT2D eigenvalue weighted by atomic mass is 35.5. The molecule has 2 heterocycles. The molecule has 142 valence electrons. The van der Waals surface area contributed by atoms with Crippen molar-refractivity contribution in [3.05, 3.63) is 48.3 Å². The first-order valence-electron chi connectivity index (χ1n) is 8.90. The van der Waals surface area contributed by atoms with E-state index in [4.69, 9.17) is 0 Å². The van der Waals surface area contributed by atoms with Crippen LogP contribution in [0.25, 0.3) is 0 Å². The number of amides is 1. The first-order chi connectivity index (χ1) is 12.2. The van der Waals surface area contributed by atoms with Crippen LogP contribution in [0.1, 0.15) is 38.3 Å². The van der Waals surface area contributed by atoms with Gasteiger partial charge in [-0.1, -0.05) is 19.1 Å². The van der Waals surface area contributed by atoms with Crippen molar-refractivity contribution >= 4 is 30.1 Å². The Morgan fingerprint density at radius 3 is 2.62 bits per heavy atom. The van der Waals surface area contributed by atoms with Crippen molar-refractivity contribution < 1.29 is 4.79 Å². The zero-order valence-electron chi connectivity index (χ0n) is 15.3. The molecule has 0 aliphatic carbocycles. The number of nitrogens with zero attached hydrogens (tertiary/aromatic N) is 2. The van der Waals surface area contributed by atoms with Crippen LogP contribution in [0.2, 0.25) is 0 Å². The van der Waals surface area contributed by atoms with Gasteiger partial charge in [0.2, 0.25) is 5.91 Å². The molecule has 2 aromatic rings. The van der Waals surface area contributed by atoms with Crippen molar-refractivity contribution in [2.24, 2.45) is 0 Å². The summed E-state index contributed by atoms with van der Waals surface area (Å²) in [6.07, 6.45) is 5.13. The van der Waals surface area contributed by atoms with Crippen molar-refractivity contribution in [2.75, 3.05) is 18.8 Å². The zero-order chi connectivity index (χ0) is 17.7. The highest BCUT2D eigenvalue weighted by Crippen LogP contribution is 2.28. The molecule has 1 saturated heterocycles. The molecule has 1 aromatic carbocycles. The Morgan fingerprint density at radius 1 is 1.35 bits per heavy atom. The number of carbonyl (C=O) groups is 1. The third kappa shape index (κ3) is 4.42. The Morgan fingerprint density at radius 2 is 2.04 bits per heavy atom. The van der Waals surface area contributed by atoms with Crippen LogP contribution in [-0.4, -0.2) is 34.5 Å². The summed E-state index contributed by atoms with van der Waals surface area (Å²) in [5, 5.41) is 10.9. The van der Waals surface area contributed by atoms with Gasteiger partial charge in [0.05, 0.1) is 6.04 Å². The lowest BCUT2D eigenvalue weighted by Crippen LogP contribution is -2.55. The van der Waals surface area contributed by atoms with Crippen LogP contribution in [0.15, 0.2) is 47.6 Å². The van der Waals surface area contributed by atoms with E-state index >= 15 is 0 Å². The van der Waals surface area contributed by atoms with Crippen LogP contribution < -0.4 is 10.6 Å². The summed E-state index contributed by atoms with van der Waals surface area (Å²) in [5.41, 5.74) is 0.527. The van der Waals surface area contributed by atoms with Crippen molar-refractivity contribution in [3.8, 4) is 0 Å². The predicted molar refractivity (Wildman–Crippen MR) is 109 cm³/mol. The van der Waals surface area contributed by atoms with Crippen molar-refractivity contribution in [1.82, 2.24) is 20.4 Å². The highest BCUT2D eigenvalue weighted by molar-refractivity contribution is 7.99. The molecule has 1 unspecified atom stereocenters. The number of thioether (sulfide) groups is 1. The summed E-state index contributed by atoms with van der Waals surface area (Å²) in [5.74, 6) is 1.11. The van der Waals surface area contributed by atoms with E-state index < -0.39 is 5.54 Å². The number of aromatic nitrogens is 2. The molecule has 3 rings (SSSR count). The number of hydrogen-bond donors (Lipinski definition) is 2. The minimum Gasteiger partial charge on any atom is -0.347 e. The molecule has 1 aliphatic heterocycles. The van der Waals surface area contributed by atoms with Gasteiger partial charge in [-0.05, 0) is 62.4 Å². The zero-order valence-corrected chi connectivity index (χ0v) is 16.9. The molecule has 5 nitrogen and oxygen atoms in total. The molecule has 2 N–H and O–H groups in total. The lowest BCUT2D eigenvalue weighted by Gasteiger charge is -2.37. The molecule has 1 atom stereocenters. The molecular formula is C19H27ClN4OS. The monoisotopic (exact) mass is 394 g/mol. The minimum atomic E-state index is -0.596. The molecule has 1 aromatic heterocycles. The Balaban J connectivity index is 0.00000243. The smallest absolute Gasteiger partial charge is 0.248 e. The van der Waals surface area contributed by atoms with Gasteiger partial charge in [-0.15, -0.1) is 24.2 Å². The summed E-state index contributed by atoms with van der Waals surface area (Å²) in [4.78, 5) is 14.4. The summed E-state index contributed by atoms with van der Waals surface area (Å²) in [7, 11) is 0. The second-order valence-electron chi connectivity index (χ2n) is 6.43. The number of nitrogens with one attached hydrogen (secondary N) is 2. The highest BCUT2D eigenvalue weighted by Gasteiger charge is 2.42. The summed E-state index contributed by atoms with van der Waals surface area (Å²) >= 11 is 1.82. The quantitative estimate of drug-likeness (QED) is 0.737. The topological polar surface area (TPSA) is 59.0 Å². The van der Waals surface area contributed by atoms with Crippen molar-refractivity contribution in [1.29, 1.82) is 0 Å². The van der Waals surface area contributed by atoms with E-state index in [2.05, 4.69) is 46.9 Å². The van der Waals surface area contributed by atoms with E-state index in [9.17, 15) is 4.79 Å². The molecule has 0 bridgehead atoms. The van der Waals surface area contributed by atoms with E-state index in [1.165, 1.54) is 4.90 Å². The first kappa shape index (κ1) is 20.8. The number of rotatable bonds is 6. The third-order valence-corrected chi connectivity index (χ3v) is 5.73. The molecule has 0 saturated carbocycles. The van der Waals surface area contributed by atoms with Gasteiger partial charge in [-0.25, -0.2) is 0 Å². The number of benzene rings is 1. The van der Waals surface area contributed by atoms with Gasteiger partial charge in [0, 0.05) is 17.3 Å². The standard InChI is InChI=1S/C19H26N4OS.ClH/c1-3-25-17-7-5-16(6-8-17)15(2)22-18(24)19(9-12-20-13-10-19)23-14-4-11-21-23;/h4-8,11,14-15,20H,3,9-10,12-13H2,1-2H3,(H,22,24);1H. The average Bonchev–Trinajstić information content (AvgIpc) is 3.18. The molecule has 0 radical (unpaired) electrons. The largest absolute Gasteiger partial charge is 0.347 e. The second-order valence-corrected chi connectivity index (χ2v) is 7.77. The van der Waals surface area contributed by atoms with Gasteiger partial charge in [0.15, 0.2) is 0 Å². The first-order valence-corrected chi connectivity index (χ1v) is 9.89. The Bertz CT molecular complexity index is 684. The molecule has 26 heavy (non-hydrogen) atoms. The van der Waals surface area contributed by atoms with Crippen LogP contribution in [0.4, 0.5) is 0 Å². The maximum absolute atomic E-state index is 13.2. The Kier molecular flexibility index (Phi) is 7.55. The van der Waals surface area contributed by atoms with E-state index in [0.29, 0.717) is 0 Å². The van der Waals surface area contributed by atoms with E-state index in [-0.39, 0.29) is 24.4 Å². The van der Waals surface area contributed by atoms with E-state index in [1.807, 2.05) is 35.6 Å². The molecular weight excluding hydrogens is 368 g/mol. The predicted octanol–water partition coefficient (Wildman–Crippen LogP) is 3.37. The van der Waals surface area contributed by atoms with Gasteiger partial charge in [0.1, 0.15) is 5.54 Å². The second kappa shape index (κ2) is 9.44. The lowest BCUT2D eigenvalue weighted by molar-refractivity contribution is -0.132. The van der Waals surface area contributed by atoms with Crippen LogP contribution in [0.3, 0.4) is 0 Å². The van der Waals surface area contributed by atoms with E-state index in [0.717, 1.165) is 37.2 Å². The molecule has 0 spiro atoms. The van der Waals surface area contributed by atoms with Gasteiger partial charge in [0.25, 0.3) is 0 Å². The minimum absolute atomic E-state index is 0. The fourth-order valence-electron chi connectivity index (χ4n) is 3.36. The maximum Gasteiger partial charge on any atom is 0.248 e. The summed E-state index contributed by atoms with van der Waals surface area (Å²) in [6, 6.07) is 10.3.